The first-order chi connectivity index (χ1) is 14.3. The van der Waals surface area contributed by atoms with E-state index in [4.69, 9.17) is 9.98 Å². The summed E-state index contributed by atoms with van der Waals surface area (Å²) in [5.41, 5.74) is 6.49. The third-order valence-corrected chi connectivity index (χ3v) is 6.43. The minimum atomic E-state index is -0.0753. The molecule has 4 rings (SSSR count). The largest absolute Gasteiger partial charge is 0.301 e. The van der Waals surface area contributed by atoms with Gasteiger partial charge in [0.1, 0.15) is 6.17 Å². The Balaban J connectivity index is 1.94. The van der Waals surface area contributed by atoms with E-state index in [9.17, 15) is 0 Å². The second-order valence-electron chi connectivity index (χ2n) is 9.15. The lowest BCUT2D eigenvalue weighted by atomic mass is 9.82. The molecule has 2 aromatic carbocycles. The van der Waals surface area contributed by atoms with Gasteiger partial charge in [-0.25, -0.2) is 0 Å². The van der Waals surface area contributed by atoms with Crippen molar-refractivity contribution in [2.24, 2.45) is 9.98 Å². The number of benzene rings is 2. The van der Waals surface area contributed by atoms with E-state index >= 15 is 0 Å². The summed E-state index contributed by atoms with van der Waals surface area (Å²) in [5.74, 6) is 1.93. The number of anilines is 2. The number of amidine groups is 2. The molecule has 1 atom stereocenters. The van der Waals surface area contributed by atoms with Crippen molar-refractivity contribution in [3.63, 3.8) is 0 Å². The van der Waals surface area contributed by atoms with Crippen LogP contribution >= 0.6 is 0 Å². The first-order valence-electron chi connectivity index (χ1n) is 11.2. The lowest BCUT2D eigenvalue weighted by molar-refractivity contribution is 0.456. The Morgan fingerprint density at radius 2 is 1.53 bits per heavy atom. The zero-order chi connectivity index (χ0) is 21.6. The number of fused-ring (bicyclic) bond motifs is 3. The summed E-state index contributed by atoms with van der Waals surface area (Å²) in [6.45, 7) is 13.4. The zero-order valence-corrected chi connectivity index (χ0v) is 19.4. The quantitative estimate of drug-likeness (QED) is 0.667. The molecule has 1 unspecified atom stereocenters. The van der Waals surface area contributed by atoms with Crippen LogP contribution in [-0.4, -0.2) is 30.9 Å². The minimum absolute atomic E-state index is 0.0753. The SMILES string of the molecule is CCc1ccc(N2C(=N/C(C)C)/C(=N\C)N3c4ccc(CC)cc4C(C)(C)C23)cc1. The summed E-state index contributed by atoms with van der Waals surface area (Å²) in [6, 6.07) is 16.1. The molecule has 0 N–H and O–H groups in total. The van der Waals surface area contributed by atoms with Gasteiger partial charge in [0.15, 0.2) is 11.7 Å². The average molecular weight is 403 g/mol. The second kappa shape index (κ2) is 7.57. The van der Waals surface area contributed by atoms with Gasteiger partial charge in [-0.15, -0.1) is 0 Å². The standard InChI is InChI=1S/C26H34N4/c1-8-18-10-13-20(14-11-18)29-24(28-17(3)4)23(27-7)30-22-15-12-19(9-2)16-21(22)26(5,6)25(29)30/h10-17,25H,8-9H2,1-7H3/b27-23+,28-24+. The van der Waals surface area contributed by atoms with E-state index in [0.717, 1.165) is 24.5 Å². The van der Waals surface area contributed by atoms with Crippen LogP contribution in [-0.2, 0) is 18.3 Å². The van der Waals surface area contributed by atoms with Gasteiger partial charge in [0.25, 0.3) is 0 Å². The van der Waals surface area contributed by atoms with Crippen molar-refractivity contribution in [1.82, 2.24) is 0 Å². The Bertz CT molecular complexity index is 998. The average Bonchev–Trinajstić information content (AvgIpc) is 3.17. The summed E-state index contributed by atoms with van der Waals surface area (Å²) in [4.78, 5) is 14.6. The lowest BCUT2D eigenvalue weighted by Gasteiger charge is -2.35. The van der Waals surface area contributed by atoms with Crippen LogP contribution in [0.5, 0.6) is 0 Å². The highest BCUT2D eigenvalue weighted by atomic mass is 15.5. The van der Waals surface area contributed by atoms with E-state index < -0.39 is 0 Å². The van der Waals surface area contributed by atoms with Gasteiger partial charge in [0.2, 0.25) is 0 Å². The Hall–Kier alpha value is -2.62. The van der Waals surface area contributed by atoms with Crippen molar-refractivity contribution in [2.45, 2.75) is 72.0 Å². The van der Waals surface area contributed by atoms with E-state index in [1.54, 1.807) is 0 Å². The van der Waals surface area contributed by atoms with Crippen molar-refractivity contribution in [3.05, 3.63) is 59.2 Å². The third-order valence-electron chi connectivity index (χ3n) is 6.43. The first-order valence-corrected chi connectivity index (χ1v) is 11.2. The van der Waals surface area contributed by atoms with E-state index in [2.05, 4.69) is 93.8 Å². The predicted octanol–water partition coefficient (Wildman–Crippen LogP) is 5.59. The highest BCUT2D eigenvalue weighted by molar-refractivity contribution is 6.53. The predicted molar refractivity (Wildman–Crippen MR) is 129 cm³/mol. The fourth-order valence-electron chi connectivity index (χ4n) is 4.85. The van der Waals surface area contributed by atoms with Crippen LogP contribution in [0.3, 0.4) is 0 Å². The molecule has 0 aliphatic carbocycles. The van der Waals surface area contributed by atoms with Gasteiger partial charge < -0.3 is 9.80 Å². The maximum Gasteiger partial charge on any atom is 0.173 e. The van der Waals surface area contributed by atoms with Crippen molar-refractivity contribution in [3.8, 4) is 0 Å². The smallest absolute Gasteiger partial charge is 0.173 e. The van der Waals surface area contributed by atoms with Gasteiger partial charge in [-0.2, -0.15) is 0 Å². The van der Waals surface area contributed by atoms with Crippen molar-refractivity contribution >= 4 is 23.0 Å². The Morgan fingerprint density at radius 3 is 2.10 bits per heavy atom. The molecular formula is C26H34N4. The van der Waals surface area contributed by atoms with Gasteiger partial charge >= 0.3 is 0 Å². The van der Waals surface area contributed by atoms with Crippen molar-refractivity contribution < 1.29 is 0 Å². The summed E-state index contributed by atoms with van der Waals surface area (Å²) in [5, 5.41) is 0. The summed E-state index contributed by atoms with van der Waals surface area (Å²) in [7, 11) is 1.89. The van der Waals surface area contributed by atoms with Crippen molar-refractivity contribution in [1.29, 1.82) is 0 Å². The molecule has 2 aliphatic heterocycles. The van der Waals surface area contributed by atoms with Gasteiger partial charge in [0.05, 0.1) is 0 Å². The molecule has 30 heavy (non-hydrogen) atoms. The monoisotopic (exact) mass is 402 g/mol. The van der Waals surface area contributed by atoms with Gasteiger partial charge in [-0.1, -0.05) is 52.0 Å². The number of aryl methyl sites for hydroxylation is 2. The topological polar surface area (TPSA) is 31.2 Å². The normalized spacial score (nSPS) is 22.3. The molecule has 0 spiro atoms. The van der Waals surface area contributed by atoms with Crippen LogP contribution in [0.4, 0.5) is 11.4 Å². The molecule has 2 aliphatic rings. The number of aliphatic imine (C=N–C) groups is 2. The van der Waals surface area contributed by atoms with Crippen LogP contribution in [0.25, 0.3) is 0 Å². The minimum Gasteiger partial charge on any atom is -0.301 e. The fraction of sp³-hybridized carbons (Fsp3) is 0.462. The number of rotatable bonds is 4. The fourth-order valence-corrected chi connectivity index (χ4v) is 4.85. The van der Waals surface area contributed by atoms with E-state index in [0.29, 0.717) is 0 Å². The maximum atomic E-state index is 5.05. The van der Waals surface area contributed by atoms with Crippen LogP contribution in [0, 0.1) is 0 Å². The Labute approximate surface area is 181 Å². The van der Waals surface area contributed by atoms with Gasteiger partial charge in [-0.3, -0.25) is 9.98 Å². The van der Waals surface area contributed by atoms with Crippen LogP contribution in [0.15, 0.2) is 52.4 Å². The Kier molecular flexibility index (Phi) is 5.21. The number of nitrogens with zero attached hydrogens (tertiary/aromatic N) is 4. The highest BCUT2D eigenvalue weighted by Gasteiger charge is 2.56. The van der Waals surface area contributed by atoms with Gasteiger partial charge in [-0.05, 0) is 61.6 Å². The highest BCUT2D eigenvalue weighted by Crippen LogP contribution is 2.51. The molecule has 4 nitrogen and oxygen atoms in total. The summed E-state index contributed by atoms with van der Waals surface area (Å²) >= 11 is 0. The molecule has 0 radical (unpaired) electrons. The molecule has 0 aromatic heterocycles. The summed E-state index contributed by atoms with van der Waals surface area (Å²) < 4.78 is 0. The molecule has 158 valence electrons. The van der Waals surface area contributed by atoms with Crippen molar-refractivity contribution in [2.75, 3.05) is 16.8 Å². The zero-order valence-electron chi connectivity index (χ0n) is 19.4. The molecule has 1 saturated heterocycles. The second-order valence-corrected chi connectivity index (χ2v) is 9.15. The van der Waals surface area contributed by atoms with E-state index in [-0.39, 0.29) is 17.6 Å². The molecular weight excluding hydrogens is 368 g/mol. The molecule has 2 heterocycles. The molecule has 4 heteroatoms. The van der Waals surface area contributed by atoms with E-state index in [1.165, 1.54) is 28.1 Å². The van der Waals surface area contributed by atoms with E-state index in [1.807, 2.05) is 7.05 Å². The summed E-state index contributed by atoms with van der Waals surface area (Å²) in [6.07, 6.45) is 2.20. The van der Waals surface area contributed by atoms with Crippen LogP contribution in [0.2, 0.25) is 0 Å². The Morgan fingerprint density at radius 1 is 0.900 bits per heavy atom. The molecule has 2 aromatic rings. The lowest BCUT2D eigenvalue weighted by Crippen LogP contribution is -2.48. The molecule has 0 bridgehead atoms. The molecule has 1 fully saturated rings. The molecule has 0 saturated carbocycles. The third kappa shape index (κ3) is 3.05. The maximum absolute atomic E-state index is 5.05. The van der Waals surface area contributed by atoms with Crippen LogP contribution in [0.1, 0.15) is 58.2 Å². The molecule has 0 amide bonds. The number of hydrogen-bond acceptors (Lipinski definition) is 2. The van der Waals surface area contributed by atoms with Crippen LogP contribution < -0.4 is 9.80 Å². The first kappa shape index (κ1) is 20.6. The number of hydrogen-bond donors (Lipinski definition) is 0. The van der Waals surface area contributed by atoms with Gasteiger partial charge in [0, 0.05) is 29.9 Å².